The predicted octanol–water partition coefficient (Wildman–Crippen LogP) is -7.84. The fraction of sp³-hybridized carbons (Fsp3) is 0.500. The van der Waals surface area contributed by atoms with Gasteiger partial charge in [0.05, 0.1) is 0 Å². The Morgan fingerprint density at radius 2 is 1.00 bits per heavy atom. The molecule has 0 aromatic carbocycles. The molecule has 0 aliphatic heterocycles. The van der Waals surface area contributed by atoms with E-state index in [1.165, 1.54) is 13.8 Å². The van der Waals surface area contributed by atoms with Crippen LogP contribution in [0.15, 0.2) is 0 Å². The molecule has 0 heterocycles. The Bertz CT molecular complexity index is 73.3. The van der Waals surface area contributed by atoms with E-state index < -0.39 is 6.16 Å². The van der Waals surface area contributed by atoms with Crippen molar-refractivity contribution in [3.8, 4) is 0 Å². The molecule has 4 nitrogen and oxygen atoms in total. The molecule has 0 bridgehead atoms. The van der Waals surface area contributed by atoms with E-state index >= 15 is 0 Å². The van der Waals surface area contributed by atoms with Gasteiger partial charge in [-0.3, -0.25) is 0 Å². The molecule has 0 aliphatic carbocycles. The quantitative estimate of drug-likeness (QED) is 0.360. The number of hydrogen-bond donors (Lipinski definition) is 0. The van der Waals surface area contributed by atoms with Crippen LogP contribution in [0.5, 0.6) is 0 Å². The van der Waals surface area contributed by atoms with E-state index in [1.807, 2.05) is 0 Å². The third kappa shape index (κ3) is 177. The molecule has 0 amide bonds. The van der Waals surface area contributed by atoms with Crippen LogP contribution in [-0.4, -0.2) is 11.9 Å². The third-order valence-electron chi connectivity index (χ3n) is 0. The van der Waals surface area contributed by atoms with Gasteiger partial charge < -0.3 is 19.8 Å². The van der Waals surface area contributed by atoms with Crippen molar-refractivity contribution in [1.82, 2.24) is 0 Å². The minimum atomic E-state index is -2.33. The topological polar surface area (TPSA) is 80.3 Å². The molecule has 0 saturated carbocycles. The summed E-state index contributed by atoms with van der Waals surface area (Å²) in [7, 11) is 0. The second-order valence-corrected chi connectivity index (χ2v) is 1.16. The summed E-state index contributed by atoms with van der Waals surface area (Å²) >= 11 is 0. The maximum atomic E-state index is 9.44. The first-order valence-corrected chi connectivity index (χ1v) is 1.82. The molecule has 0 atom stereocenters. The zero-order valence-corrected chi connectivity index (χ0v) is 12.9. The molecule has 0 saturated heterocycles. The first-order valence-electron chi connectivity index (χ1n) is 1.82. The average molecular weight is 196 g/mol. The van der Waals surface area contributed by atoms with Gasteiger partial charge in [-0.15, -0.1) is 0 Å². The minimum absolute atomic E-state index is 0. The molecule has 0 aromatic heterocycles. The van der Waals surface area contributed by atoms with Crippen LogP contribution in [0.4, 0.5) is 4.79 Å². The summed E-state index contributed by atoms with van der Waals surface area (Å²) < 4.78 is 0. The molecule has 6 heteroatoms. The van der Waals surface area contributed by atoms with Gasteiger partial charge in [0.25, 0.3) is 0 Å². The normalized spacial score (nSPS) is 5.00. The summed E-state index contributed by atoms with van der Waals surface area (Å²) in [5.41, 5.74) is 0. The van der Waals surface area contributed by atoms with Crippen LogP contribution >= 0.6 is 0 Å². The first-order chi connectivity index (χ1) is 3.46. The molecule has 0 aromatic rings. The van der Waals surface area contributed by atoms with Crippen LogP contribution in [0.2, 0.25) is 0 Å². The number of carbonyl (C=O) groups excluding carboxylic acids is 2. The number of carbonyl (C=O) groups is 2. The van der Waals surface area contributed by atoms with Gasteiger partial charge in [-0.05, 0) is 20.0 Å². The van der Waals surface area contributed by atoms with Crippen molar-refractivity contribution in [3.05, 3.63) is 0 Å². The average Bonchev–Trinajstić information content (AvgIpc) is 1.25. The van der Waals surface area contributed by atoms with Gasteiger partial charge in [-0.1, -0.05) is 0 Å². The van der Waals surface area contributed by atoms with Crippen LogP contribution in [0.3, 0.4) is 0 Å². The van der Waals surface area contributed by atoms with E-state index in [-0.39, 0.29) is 109 Å². The van der Waals surface area contributed by atoms with Gasteiger partial charge in [0.1, 0.15) is 5.78 Å². The first kappa shape index (κ1) is 22.8. The Balaban J connectivity index is -0.0000000300. The molecule has 0 unspecified atom stereocenters. The molecule has 0 spiro atoms. The summed E-state index contributed by atoms with van der Waals surface area (Å²) in [6, 6.07) is 0. The molecular formula is C4H6K2O4. The Kier molecular flexibility index (Phi) is 39.5. The van der Waals surface area contributed by atoms with Crippen LogP contribution < -0.4 is 113 Å². The Morgan fingerprint density at radius 3 is 1.00 bits per heavy atom. The van der Waals surface area contributed by atoms with E-state index in [1.54, 1.807) is 0 Å². The third-order valence-corrected chi connectivity index (χ3v) is 0. The van der Waals surface area contributed by atoms with Crippen molar-refractivity contribution in [2.24, 2.45) is 0 Å². The zero-order valence-electron chi connectivity index (χ0n) is 6.63. The van der Waals surface area contributed by atoms with Crippen molar-refractivity contribution in [2.45, 2.75) is 13.8 Å². The summed E-state index contributed by atoms with van der Waals surface area (Å²) in [5, 5.41) is 16.7. The largest absolute Gasteiger partial charge is 1.00 e. The summed E-state index contributed by atoms with van der Waals surface area (Å²) in [6.07, 6.45) is -2.33. The Labute approximate surface area is 145 Å². The van der Waals surface area contributed by atoms with Crippen molar-refractivity contribution in [3.63, 3.8) is 0 Å². The van der Waals surface area contributed by atoms with Gasteiger partial charge in [0, 0.05) is 0 Å². The summed E-state index contributed by atoms with van der Waals surface area (Å²) in [4.78, 5) is 17.8. The van der Waals surface area contributed by atoms with E-state index in [0.717, 1.165) is 0 Å². The number of carboxylic acid groups (broad SMARTS) is 2. The van der Waals surface area contributed by atoms with Crippen LogP contribution in [-0.2, 0) is 4.79 Å². The smallest absolute Gasteiger partial charge is 0.652 e. The van der Waals surface area contributed by atoms with Gasteiger partial charge in [0.15, 0.2) is 0 Å². The monoisotopic (exact) mass is 196 g/mol. The van der Waals surface area contributed by atoms with Crippen LogP contribution in [0.25, 0.3) is 0 Å². The standard InChI is InChI=1S/C3H6O.CH2O3.2K/c1-3(2)4;2-1(3)4;;/h1-2H3;(H2,2,3,4);;/q;;2*+1/p-2. The molecule has 0 N–H and O–H groups in total. The Morgan fingerprint density at radius 1 is 1.00 bits per heavy atom. The molecule has 10 heavy (non-hydrogen) atoms. The molecule has 0 radical (unpaired) electrons. The number of rotatable bonds is 0. The van der Waals surface area contributed by atoms with Crippen molar-refractivity contribution < 1.29 is 123 Å². The van der Waals surface area contributed by atoms with E-state index in [9.17, 15) is 4.79 Å². The second kappa shape index (κ2) is 17.3. The van der Waals surface area contributed by atoms with Crippen LogP contribution in [0, 0.1) is 0 Å². The SMILES string of the molecule is CC(C)=O.O=C([O-])[O-].[K+].[K+]. The minimum Gasteiger partial charge on any atom is -0.652 e. The van der Waals surface area contributed by atoms with Crippen LogP contribution in [0.1, 0.15) is 13.8 Å². The maximum Gasteiger partial charge on any atom is 1.00 e. The van der Waals surface area contributed by atoms with E-state index in [0.29, 0.717) is 0 Å². The number of Topliss-reactive ketones (excluding diaryl/α,β-unsaturated/α-hetero) is 1. The van der Waals surface area contributed by atoms with Gasteiger partial charge >= 0.3 is 103 Å². The maximum absolute atomic E-state index is 9.44. The van der Waals surface area contributed by atoms with Gasteiger partial charge in [0.2, 0.25) is 0 Å². The molecule has 0 rings (SSSR count). The Hall–Kier alpha value is 2.21. The van der Waals surface area contributed by atoms with Gasteiger partial charge in [-0.2, -0.15) is 0 Å². The summed E-state index contributed by atoms with van der Waals surface area (Å²) in [5.74, 6) is 0.167. The predicted molar refractivity (Wildman–Crippen MR) is 21.8 cm³/mol. The van der Waals surface area contributed by atoms with E-state index in [4.69, 9.17) is 15.0 Å². The van der Waals surface area contributed by atoms with Gasteiger partial charge in [-0.25, -0.2) is 0 Å². The van der Waals surface area contributed by atoms with Crippen molar-refractivity contribution in [1.29, 1.82) is 0 Å². The number of ketones is 1. The molecule has 48 valence electrons. The van der Waals surface area contributed by atoms with E-state index in [2.05, 4.69) is 0 Å². The fourth-order valence-corrected chi connectivity index (χ4v) is 0. The fourth-order valence-electron chi connectivity index (χ4n) is 0. The van der Waals surface area contributed by atoms with Crippen molar-refractivity contribution in [2.75, 3.05) is 0 Å². The molecular weight excluding hydrogens is 190 g/mol. The number of hydrogen-bond acceptors (Lipinski definition) is 4. The molecule has 0 fully saturated rings. The summed E-state index contributed by atoms with van der Waals surface area (Å²) in [6.45, 7) is 3.06. The zero-order chi connectivity index (χ0) is 7.15. The second-order valence-electron chi connectivity index (χ2n) is 1.16. The molecule has 0 aliphatic rings. The van der Waals surface area contributed by atoms with Crippen molar-refractivity contribution >= 4 is 11.9 Å².